The smallest absolute Gasteiger partial charge is 0.130 e. The lowest BCUT2D eigenvalue weighted by Gasteiger charge is -2.36. The number of nitrogens with zero attached hydrogens (tertiary/aromatic N) is 3. The van der Waals surface area contributed by atoms with E-state index in [1.54, 1.807) is 6.07 Å². The predicted octanol–water partition coefficient (Wildman–Crippen LogP) is 3.46. The summed E-state index contributed by atoms with van der Waals surface area (Å²) in [4.78, 5) is 8.98. The topological polar surface area (TPSA) is 19.4 Å². The summed E-state index contributed by atoms with van der Waals surface area (Å²) < 4.78 is 27.2. The second kappa shape index (κ2) is 7.18. The van der Waals surface area contributed by atoms with Crippen molar-refractivity contribution >= 4 is 0 Å². The SMILES string of the molecule is Fc1ccc(CN2C[C@H]3CC[C@@H]2CN(Cc2ccncc2)C3)c(F)c1. The van der Waals surface area contributed by atoms with Crippen molar-refractivity contribution in [1.82, 2.24) is 14.8 Å². The summed E-state index contributed by atoms with van der Waals surface area (Å²) in [7, 11) is 0. The van der Waals surface area contributed by atoms with Gasteiger partial charge in [-0.3, -0.25) is 14.8 Å². The number of benzene rings is 1. The van der Waals surface area contributed by atoms with Crippen LogP contribution in [0.25, 0.3) is 0 Å². The number of fused-ring (bicyclic) bond motifs is 4. The minimum atomic E-state index is -0.512. The lowest BCUT2D eigenvalue weighted by atomic mass is 9.94. The Bertz CT molecular complexity index is 722. The van der Waals surface area contributed by atoms with Crippen LogP contribution in [0.1, 0.15) is 24.0 Å². The zero-order valence-corrected chi connectivity index (χ0v) is 14.2. The molecule has 2 aromatic rings. The molecule has 0 radical (unpaired) electrons. The van der Waals surface area contributed by atoms with E-state index in [9.17, 15) is 8.78 Å². The molecule has 3 aliphatic rings. The Morgan fingerprint density at radius 3 is 2.60 bits per heavy atom. The first-order valence-electron chi connectivity index (χ1n) is 8.96. The van der Waals surface area contributed by atoms with Crippen LogP contribution in [0.3, 0.4) is 0 Å². The van der Waals surface area contributed by atoms with Gasteiger partial charge in [0.1, 0.15) is 11.6 Å². The van der Waals surface area contributed by atoms with E-state index in [2.05, 4.69) is 26.9 Å². The summed E-state index contributed by atoms with van der Waals surface area (Å²) in [6.45, 7) is 4.59. The van der Waals surface area contributed by atoms with Crippen molar-refractivity contribution in [2.24, 2.45) is 5.92 Å². The Labute approximate surface area is 147 Å². The van der Waals surface area contributed by atoms with Gasteiger partial charge in [-0.25, -0.2) is 8.78 Å². The molecule has 1 aromatic carbocycles. The highest BCUT2D eigenvalue weighted by molar-refractivity contribution is 5.19. The van der Waals surface area contributed by atoms with E-state index < -0.39 is 11.6 Å². The molecular weight excluding hydrogens is 320 g/mol. The fourth-order valence-corrected chi connectivity index (χ4v) is 4.21. The van der Waals surface area contributed by atoms with Crippen LogP contribution < -0.4 is 0 Å². The number of pyridine rings is 1. The third-order valence-electron chi connectivity index (χ3n) is 5.45. The summed E-state index contributed by atoms with van der Waals surface area (Å²) in [5.41, 5.74) is 1.88. The van der Waals surface area contributed by atoms with Crippen LogP contribution >= 0.6 is 0 Å². The van der Waals surface area contributed by atoms with Gasteiger partial charge in [0, 0.05) is 62.8 Å². The van der Waals surface area contributed by atoms with Gasteiger partial charge in [-0.05, 0) is 42.5 Å². The molecule has 0 unspecified atom stereocenters. The van der Waals surface area contributed by atoms with Crippen molar-refractivity contribution in [3.63, 3.8) is 0 Å². The number of piperidine rings is 1. The quantitative estimate of drug-likeness (QED) is 0.848. The summed E-state index contributed by atoms with van der Waals surface area (Å²) in [6, 6.07) is 8.49. The van der Waals surface area contributed by atoms with Gasteiger partial charge in [-0.2, -0.15) is 0 Å². The zero-order valence-electron chi connectivity index (χ0n) is 14.2. The highest BCUT2D eigenvalue weighted by Crippen LogP contribution is 2.30. The normalized spacial score (nSPS) is 24.4. The third kappa shape index (κ3) is 3.88. The molecule has 0 spiro atoms. The van der Waals surface area contributed by atoms with E-state index in [4.69, 9.17) is 0 Å². The van der Waals surface area contributed by atoms with E-state index in [1.165, 1.54) is 18.1 Å². The lowest BCUT2D eigenvalue weighted by Crippen LogP contribution is -2.43. The molecule has 0 saturated carbocycles. The van der Waals surface area contributed by atoms with Gasteiger partial charge >= 0.3 is 0 Å². The fraction of sp³-hybridized carbons (Fsp3) is 0.450. The summed E-state index contributed by atoms with van der Waals surface area (Å²) in [5.74, 6) is -0.333. The van der Waals surface area contributed by atoms with Crippen LogP contribution in [0.2, 0.25) is 0 Å². The maximum Gasteiger partial charge on any atom is 0.130 e. The number of hydrogen-bond acceptors (Lipinski definition) is 3. The van der Waals surface area contributed by atoms with Crippen LogP contribution in [0.5, 0.6) is 0 Å². The van der Waals surface area contributed by atoms with E-state index >= 15 is 0 Å². The van der Waals surface area contributed by atoms with Gasteiger partial charge in [0.05, 0.1) is 0 Å². The molecule has 0 aliphatic carbocycles. The molecule has 2 atom stereocenters. The molecule has 25 heavy (non-hydrogen) atoms. The second-order valence-electron chi connectivity index (χ2n) is 7.31. The van der Waals surface area contributed by atoms with E-state index in [0.29, 0.717) is 24.1 Å². The van der Waals surface area contributed by atoms with Crippen molar-refractivity contribution in [3.8, 4) is 0 Å². The number of halogens is 2. The number of rotatable bonds is 4. The predicted molar refractivity (Wildman–Crippen MR) is 92.8 cm³/mol. The van der Waals surface area contributed by atoms with Crippen molar-refractivity contribution in [2.45, 2.75) is 32.0 Å². The zero-order chi connectivity index (χ0) is 17.2. The third-order valence-corrected chi connectivity index (χ3v) is 5.45. The fourth-order valence-electron chi connectivity index (χ4n) is 4.21. The average Bonchev–Trinajstić information content (AvgIpc) is 2.89. The van der Waals surface area contributed by atoms with Gasteiger partial charge < -0.3 is 0 Å². The lowest BCUT2D eigenvalue weighted by molar-refractivity contribution is 0.121. The molecule has 132 valence electrons. The molecular formula is C20H23F2N3. The molecule has 3 nitrogen and oxygen atoms in total. The molecule has 0 N–H and O–H groups in total. The molecule has 5 heteroatoms. The van der Waals surface area contributed by atoms with Gasteiger partial charge in [0.15, 0.2) is 0 Å². The minimum Gasteiger partial charge on any atom is -0.297 e. The molecule has 3 fully saturated rings. The van der Waals surface area contributed by atoms with Crippen LogP contribution in [-0.4, -0.2) is 40.5 Å². The Balaban J connectivity index is 1.46. The number of aromatic nitrogens is 1. The standard InChI is InChI=1S/C20H23F2N3/c21-18-3-2-17(20(22)9-18)13-25-12-16-1-4-19(25)14-24(11-16)10-15-5-7-23-8-6-15/h2-3,5-9,16,19H,1,4,10-14H2/t16-,19+/m0/s1. The van der Waals surface area contributed by atoms with Crippen molar-refractivity contribution < 1.29 is 8.78 Å². The van der Waals surface area contributed by atoms with E-state index in [-0.39, 0.29) is 0 Å². The van der Waals surface area contributed by atoms with Gasteiger partial charge in [0.25, 0.3) is 0 Å². The second-order valence-corrected chi connectivity index (χ2v) is 7.31. The molecule has 3 aliphatic heterocycles. The Kier molecular flexibility index (Phi) is 4.77. The van der Waals surface area contributed by atoms with Gasteiger partial charge in [-0.15, -0.1) is 0 Å². The van der Waals surface area contributed by atoms with Gasteiger partial charge in [0.2, 0.25) is 0 Å². The molecule has 1 aromatic heterocycles. The first-order chi connectivity index (χ1) is 12.2. The van der Waals surface area contributed by atoms with Crippen LogP contribution in [0, 0.1) is 17.6 Å². The highest BCUT2D eigenvalue weighted by atomic mass is 19.1. The van der Waals surface area contributed by atoms with Crippen LogP contribution in [0.15, 0.2) is 42.7 Å². The first-order valence-corrected chi connectivity index (χ1v) is 8.96. The largest absolute Gasteiger partial charge is 0.297 e. The summed E-state index contributed by atoms with van der Waals surface area (Å²) >= 11 is 0. The van der Waals surface area contributed by atoms with Crippen molar-refractivity contribution in [2.75, 3.05) is 19.6 Å². The van der Waals surface area contributed by atoms with E-state index in [1.807, 2.05) is 12.4 Å². The molecule has 3 saturated heterocycles. The first kappa shape index (κ1) is 16.6. The van der Waals surface area contributed by atoms with Gasteiger partial charge in [-0.1, -0.05) is 6.07 Å². The highest BCUT2D eigenvalue weighted by Gasteiger charge is 2.34. The monoisotopic (exact) mass is 343 g/mol. The molecule has 0 amide bonds. The van der Waals surface area contributed by atoms with Crippen LogP contribution in [0.4, 0.5) is 8.78 Å². The Hall–Kier alpha value is -1.85. The molecule has 2 bridgehead atoms. The minimum absolute atomic E-state index is 0.435. The maximum atomic E-state index is 14.0. The average molecular weight is 343 g/mol. The molecule has 4 heterocycles. The maximum absolute atomic E-state index is 14.0. The van der Waals surface area contributed by atoms with E-state index in [0.717, 1.165) is 38.7 Å². The van der Waals surface area contributed by atoms with Crippen molar-refractivity contribution in [1.29, 1.82) is 0 Å². The Morgan fingerprint density at radius 1 is 0.960 bits per heavy atom. The van der Waals surface area contributed by atoms with Crippen LogP contribution in [-0.2, 0) is 13.1 Å². The Morgan fingerprint density at radius 2 is 1.80 bits per heavy atom. The summed E-state index contributed by atoms with van der Waals surface area (Å²) in [5, 5.41) is 0. The molecule has 5 rings (SSSR count). The number of hydrogen-bond donors (Lipinski definition) is 0. The summed E-state index contributed by atoms with van der Waals surface area (Å²) in [6.07, 6.45) is 6.07. The van der Waals surface area contributed by atoms with Crippen molar-refractivity contribution in [3.05, 3.63) is 65.5 Å².